The van der Waals surface area contributed by atoms with Gasteiger partial charge < -0.3 is 5.32 Å². The third kappa shape index (κ3) is 3.39. The number of hydrogen-bond acceptors (Lipinski definition) is 6. The molecule has 2 unspecified atom stereocenters. The van der Waals surface area contributed by atoms with Gasteiger partial charge in [0.25, 0.3) is 5.56 Å². The van der Waals surface area contributed by atoms with Crippen LogP contribution in [-0.4, -0.2) is 58.8 Å². The van der Waals surface area contributed by atoms with Gasteiger partial charge in [-0.3, -0.25) is 9.36 Å². The fourth-order valence-electron chi connectivity index (χ4n) is 5.18. The Balaban J connectivity index is 1.44. The molecule has 10 heteroatoms. The van der Waals surface area contributed by atoms with Crippen LogP contribution in [0.1, 0.15) is 44.6 Å². The average molecular weight is 436 g/mol. The Bertz CT molecular complexity index is 1150. The van der Waals surface area contributed by atoms with Crippen LogP contribution in [0.3, 0.4) is 0 Å². The van der Waals surface area contributed by atoms with E-state index < -0.39 is 22.2 Å². The van der Waals surface area contributed by atoms with Crippen molar-refractivity contribution in [2.45, 2.75) is 56.8 Å². The smallest absolute Gasteiger partial charge is 0.252 e. The third-order valence-corrected chi connectivity index (χ3v) is 8.29. The van der Waals surface area contributed by atoms with Crippen molar-refractivity contribution in [3.05, 3.63) is 28.7 Å². The summed E-state index contributed by atoms with van der Waals surface area (Å²) in [5.41, 5.74) is 0.761. The highest BCUT2D eigenvalue weighted by Crippen LogP contribution is 2.63. The zero-order chi connectivity index (χ0) is 21.1. The van der Waals surface area contributed by atoms with Gasteiger partial charge in [0, 0.05) is 36.8 Å². The Morgan fingerprint density at radius 3 is 2.73 bits per heavy atom. The molecule has 3 aliphatic rings. The van der Waals surface area contributed by atoms with Crippen LogP contribution in [0.5, 0.6) is 0 Å². The quantitative estimate of drug-likeness (QED) is 0.790. The molecule has 2 aliphatic carbocycles. The Labute approximate surface area is 174 Å². The van der Waals surface area contributed by atoms with E-state index >= 15 is 0 Å². The molecule has 162 valence electrons. The van der Waals surface area contributed by atoms with Gasteiger partial charge in [0.1, 0.15) is 11.8 Å². The summed E-state index contributed by atoms with van der Waals surface area (Å²) in [7, 11) is -3.41. The van der Waals surface area contributed by atoms with Gasteiger partial charge >= 0.3 is 0 Å². The van der Waals surface area contributed by atoms with E-state index in [1.807, 2.05) is 4.57 Å². The predicted octanol–water partition coefficient (Wildman–Crippen LogP) is 2.08. The highest BCUT2D eigenvalue weighted by atomic mass is 32.2. The summed E-state index contributed by atoms with van der Waals surface area (Å²) in [5.74, 6) is 0.269. The molecule has 0 aromatic carbocycles. The average Bonchev–Trinajstić information content (AvgIpc) is 3.35. The van der Waals surface area contributed by atoms with E-state index in [-0.39, 0.29) is 36.1 Å². The van der Waals surface area contributed by atoms with Gasteiger partial charge in [-0.2, -0.15) is 9.29 Å². The second-order valence-electron chi connectivity index (χ2n) is 8.96. The molecule has 0 amide bonds. The van der Waals surface area contributed by atoms with Crippen molar-refractivity contribution in [3.8, 4) is 0 Å². The lowest BCUT2D eigenvalue weighted by atomic mass is 10.00. The maximum Gasteiger partial charge on any atom is 0.252 e. The van der Waals surface area contributed by atoms with Gasteiger partial charge in [0.05, 0.1) is 12.3 Å². The van der Waals surface area contributed by atoms with Gasteiger partial charge in [-0.05, 0) is 43.6 Å². The van der Waals surface area contributed by atoms with E-state index in [1.165, 1.54) is 0 Å². The van der Waals surface area contributed by atoms with Crippen LogP contribution >= 0.6 is 0 Å². The molecule has 0 radical (unpaired) electrons. The van der Waals surface area contributed by atoms with Gasteiger partial charge in [0.15, 0.2) is 0 Å². The molecule has 8 nitrogen and oxygen atoms in total. The number of anilines is 1. The van der Waals surface area contributed by atoms with E-state index in [4.69, 9.17) is 0 Å². The van der Waals surface area contributed by atoms with E-state index in [9.17, 15) is 17.6 Å². The maximum atomic E-state index is 14.6. The number of piperidine rings is 1. The summed E-state index contributed by atoms with van der Waals surface area (Å²) in [6.07, 6.45) is 7.26. The first-order chi connectivity index (χ1) is 14.3. The number of hydrogen-bond donors (Lipinski definition) is 1. The minimum absolute atomic E-state index is 0.0600. The SMILES string of the molecule is CS(=O)(=O)N1CCC(Nc2ncc3ccc(=O)n([C@H]4CCCC45CC5)c3n2)C(F)C1. The maximum absolute atomic E-state index is 14.6. The van der Waals surface area contributed by atoms with Crippen molar-refractivity contribution < 1.29 is 12.8 Å². The molecule has 5 rings (SSSR count). The van der Waals surface area contributed by atoms with Gasteiger partial charge in [-0.15, -0.1) is 0 Å². The lowest BCUT2D eigenvalue weighted by Crippen LogP contribution is -2.49. The second kappa shape index (κ2) is 6.98. The standard InChI is InChI=1S/C20H26FN5O3S/c1-30(28,29)25-10-6-15(14(21)12-25)23-19-22-11-13-4-5-17(27)26(18(13)24-19)16-3-2-7-20(16)8-9-20/h4-5,11,14-16H,2-3,6-10,12H2,1H3,(H,22,23,24)/t14?,15?,16-/m0/s1. The summed E-state index contributed by atoms with van der Waals surface area (Å²) < 4.78 is 41.0. The molecule has 1 saturated heterocycles. The number of rotatable bonds is 4. The van der Waals surface area contributed by atoms with Crippen molar-refractivity contribution in [1.82, 2.24) is 18.8 Å². The summed E-state index contributed by atoms with van der Waals surface area (Å²) in [5, 5.41) is 3.82. The summed E-state index contributed by atoms with van der Waals surface area (Å²) in [6.45, 7) is 0.0686. The van der Waals surface area contributed by atoms with Crippen molar-refractivity contribution in [2.24, 2.45) is 5.41 Å². The molecule has 30 heavy (non-hydrogen) atoms. The third-order valence-electron chi connectivity index (χ3n) is 7.02. The van der Waals surface area contributed by atoms with Crippen LogP contribution < -0.4 is 10.9 Å². The summed E-state index contributed by atoms with van der Waals surface area (Å²) in [6, 6.07) is 2.88. The molecule has 1 aliphatic heterocycles. The highest BCUT2D eigenvalue weighted by molar-refractivity contribution is 7.88. The van der Waals surface area contributed by atoms with Crippen LogP contribution in [0.25, 0.3) is 11.0 Å². The Kier molecular flexibility index (Phi) is 4.62. The van der Waals surface area contributed by atoms with E-state index in [0.717, 1.165) is 48.1 Å². The monoisotopic (exact) mass is 435 g/mol. The zero-order valence-electron chi connectivity index (χ0n) is 16.9. The van der Waals surface area contributed by atoms with Gasteiger partial charge in [-0.25, -0.2) is 17.8 Å². The summed E-state index contributed by atoms with van der Waals surface area (Å²) in [4.78, 5) is 21.7. The molecular formula is C20H26FN5O3S. The molecule has 3 heterocycles. The molecule has 3 fully saturated rings. The first kappa shape index (κ1) is 19.9. The number of halogens is 1. The summed E-state index contributed by atoms with van der Waals surface area (Å²) >= 11 is 0. The fourth-order valence-corrected chi connectivity index (χ4v) is 6.03. The molecular weight excluding hydrogens is 409 g/mol. The van der Waals surface area contributed by atoms with Crippen LogP contribution in [0.2, 0.25) is 0 Å². The van der Waals surface area contributed by atoms with Gasteiger partial charge in [-0.1, -0.05) is 6.42 Å². The molecule has 2 aromatic heterocycles. The van der Waals surface area contributed by atoms with E-state index in [2.05, 4.69) is 15.3 Å². The molecule has 0 bridgehead atoms. The van der Waals surface area contributed by atoms with Crippen molar-refractivity contribution >= 4 is 27.0 Å². The van der Waals surface area contributed by atoms with E-state index in [1.54, 1.807) is 18.3 Å². The first-order valence-corrected chi connectivity index (χ1v) is 12.4. The Hall–Kier alpha value is -2.07. The molecule has 1 spiro atoms. The number of alkyl halides is 1. The predicted molar refractivity (Wildman–Crippen MR) is 112 cm³/mol. The lowest BCUT2D eigenvalue weighted by Gasteiger charge is -2.33. The number of pyridine rings is 1. The number of aromatic nitrogens is 3. The molecule has 1 N–H and O–H groups in total. The van der Waals surface area contributed by atoms with Crippen LogP contribution in [0.15, 0.2) is 23.1 Å². The normalized spacial score (nSPS) is 28.8. The number of nitrogens with one attached hydrogen (secondary N) is 1. The van der Waals surface area contributed by atoms with Crippen molar-refractivity contribution in [2.75, 3.05) is 24.7 Å². The highest BCUT2D eigenvalue weighted by Gasteiger charge is 2.53. The molecule has 2 saturated carbocycles. The lowest BCUT2D eigenvalue weighted by molar-refractivity contribution is 0.186. The Morgan fingerprint density at radius 2 is 2.03 bits per heavy atom. The molecule has 3 atom stereocenters. The first-order valence-electron chi connectivity index (χ1n) is 10.5. The topological polar surface area (TPSA) is 97.2 Å². The second-order valence-corrected chi connectivity index (χ2v) is 10.9. The minimum atomic E-state index is -3.41. The molecule has 2 aromatic rings. The number of sulfonamides is 1. The number of fused-ring (bicyclic) bond motifs is 1. The van der Waals surface area contributed by atoms with Crippen LogP contribution in [0, 0.1) is 5.41 Å². The van der Waals surface area contributed by atoms with Crippen molar-refractivity contribution in [3.63, 3.8) is 0 Å². The zero-order valence-corrected chi connectivity index (χ0v) is 17.7. The van der Waals surface area contributed by atoms with Crippen LogP contribution in [0.4, 0.5) is 10.3 Å². The fraction of sp³-hybridized carbons (Fsp3) is 0.650. The van der Waals surface area contributed by atoms with Crippen molar-refractivity contribution in [1.29, 1.82) is 0 Å². The van der Waals surface area contributed by atoms with Gasteiger partial charge in [0.2, 0.25) is 16.0 Å². The number of nitrogens with zero attached hydrogens (tertiary/aromatic N) is 4. The van der Waals surface area contributed by atoms with Crippen LogP contribution in [-0.2, 0) is 10.0 Å². The Morgan fingerprint density at radius 1 is 1.23 bits per heavy atom. The van der Waals surface area contributed by atoms with E-state index in [0.29, 0.717) is 12.1 Å². The minimum Gasteiger partial charge on any atom is -0.348 e. The largest absolute Gasteiger partial charge is 0.348 e.